The Labute approximate surface area is 163 Å². The van der Waals surface area contributed by atoms with Crippen molar-refractivity contribution in [2.24, 2.45) is 0 Å². The normalized spacial score (nSPS) is 19.2. The van der Waals surface area contributed by atoms with Crippen LogP contribution in [0.25, 0.3) is 0 Å². The van der Waals surface area contributed by atoms with Crippen molar-refractivity contribution in [3.05, 3.63) is 35.4 Å². The Morgan fingerprint density at radius 2 is 1.41 bits per heavy atom. The molecular weight excluding hydrogens is 338 g/mol. The number of hydrogen-bond donors (Lipinski definition) is 0. The van der Waals surface area contributed by atoms with E-state index >= 15 is 0 Å². The summed E-state index contributed by atoms with van der Waals surface area (Å²) in [5.74, 6) is 0.823. The summed E-state index contributed by atoms with van der Waals surface area (Å²) in [6, 6.07) is 7.97. The van der Waals surface area contributed by atoms with Crippen molar-refractivity contribution in [3.8, 4) is 0 Å². The smallest absolute Gasteiger partial charge is 0.253 e. The second-order valence-corrected chi connectivity index (χ2v) is 8.14. The van der Waals surface area contributed by atoms with Gasteiger partial charge in [0.25, 0.3) is 5.91 Å². The van der Waals surface area contributed by atoms with Crippen LogP contribution >= 0.6 is 0 Å². The largest absolute Gasteiger partial charge is 0.342 e. The molecule has 0 atom stereocenters. The van der Waals surface area contributed by atoms with E-state index in [1.165, 1.54) is 18.4 Å². The molecule has 2 aliphatic rings. The van der Waals surface area contributed by atoms with E-state index in [9.17, 15) is 9.59 Å². The van der Waals surface area contributed by atoms with Crippen molar-refractivity contribution < 1.29 is 9.59 Å². The molecule has 0 unspecified atom stereocenters. The number of nitrogens with zero attached hydrogens (tertiary/aromatic N) is 3. The van der Waals surface area contributed by atoms with E-state index in [1.54, 1.807) is 0 Å². The maximum absolute atomic E-state index is 12.7. The van der Waals surface area contributed by atoms with Crippen LogP contribution in [0.4, 0.5) is 0 Å². The van der Waals surface area contributed by atoms with Crippen LogP contribution in [0.15, 0.2) is 24.3 Å². The van der Waals surface area contributed by atoms with Gasteiger partial charge in [-0.05, 0) is 36.5 Å². The molecule has 2 saturated heterocycles. The topological polar surface area (TPSA) is 43.9 Å². The zero-order valence-electron chi connectivity index (χ0n) is 16.8. The van der Waals surface area contributed by atoms with Crippen molar-refractivity contribution in [1.82, 2.24) is 14.7 Å². The molecule has 148 valence electrons. The molecule has 3 rings (SSSR count). The predicted octanol–water partition coefficient (Wildman–Crippen LogP) is 2.97. The van der Waals surface area contributed by atoms with Crippen LogP contribution in [0, 0.1) is 0 Å². The lowest BCUT2D eigenvalue weighted by Crippen LogP contribution is -2.51. The number of benzene rings is 1. The van der Waals surface area contributed by atoms with E-state index < -0.39 is 0 Å². The van der Waals surface area contributed by atoms with Crippen LogP contribution in [0.3, 0.4) is 0 Å². The first kappa shape index (κ1) is 19.9. The summed E-state index contributed by atoms with van der Waals surface area (Å²) < 4.78 is 0. The predicted molar refractivity (Wildman–Crippen MR) is 108 cm³/mol. The summed E-state index contributed by atoms with van der Waals surface area (Å²) in [6.45, 7) is 9.55. The molecule has 0 saturated carbocycles. The number of hydrogen-bond acceptors (Lipinski definition) is 3. The van der Waals surface area contributed by atoms with Gasteiger partial charge in [-0.25, -0.2) is 0 Å². The van der Waals surface area contributed by atoms with Gasteiger partial charge < -0.3 is 9.80 Å². The molecule has 0 radical (unpaired) electrons. The van der Waals surface area contributed by atoms with Crippen LogP contribution in [-0.4, -0.2) is 72.3 Å². The van der Waals surface area contributed by atoms with Crippen molar-refractivity contribution in [1.29, 1.82) is 0 Å². The molecule has 2 aliphatic heterocycles. The maximum Gasteiger partial charge on any atom is 0.253 e. The fourth-order valence-corrected chi connectivity index (χ4v) is 3.91. The highest BCUT2D eigenvalue weighted by Gasteiger charge is 2.25. The van der Waals surface area contributed by atoms with Crippen LogP contribution in [0.5, 0.6) is 0 Å². The SMILES string of the molecule is CC(C)c1ccc(C(=O)N2CCN(CC(=O)N3CCCCCC3)CC2)cc1. The number of amides is 2. The number of likely N-dealkylation sites (tertiary alicyclic amines) is 1. The third-order valence-electron chi connectivity index (χ3n) is 5.80. The Morgan fingerprint density at radius 1 is 0.815 bits per heavy atom. The van der Waals surface area contributed by atoms with E-state index in [0.717, 1.165) is 44.6 Å². The lowest BCUT2D eigenvalue weighted by Gasteiger charge is -2.35. The minimum Gasteiger partial charge on any atom is -0.342 e. The highest BCUT2D eigenvalue weighted by atomic mass is 16.2. The van der Waals surface area contributed by atoms with E-state index in [4.69, 9.17) is 0 Å². The lowest BCUT2D eigenvalue weighted by atomic mass is 10.0. The van der Waals surface area contributed by atoms with Gasteiger partial charge >= 0.3 is 0 Å². The number of piperazine rings is 1. The molecule has 2 heterocycles. The number of carbonyl (C=O) groups excluding carboxylic acids is 2. The maximum atomic E-state index is 12.7. The van der Waals surface area contributed by atoms with Crippen molar-refractivity contribution in [2.75, 3.05) is 45.8 Å². The minimum atomic E-state index is 0.101. The first-order chi connectivity index (χ1) is 13.0. The van der Waals surface area contributed by atoms with Crippen LogP contribution < -0.4 is 0 Å². The van der Waals surface area contributed by atoms with Gasteiger partial charge in [0.05, 0.1) is 6.54 Å². The van der Waals surface area contributed by atoms with Gasteiger partial charge in [-0.1, -0.05) is 38.8 Å². The van der Waals surface area contributed by atoms with Gasteiger partial charge in [0.15, 0.2) is 0 Å². The van der Waals surface area contributed by atoms with E-state index in [0.29, 0.717) is 25.6 Å². The van der Waals surface area contributed by atoms with Crippen molar-refractivity contribution in [3.63, 3.8) is 0 Å². The molecular formula is C22H33N3O2. The third kappa shape index (κ3) is 5.32. The van der Waals surface area contributed by atoms with E-state index in [1.807, 2.05) is 34.1 Å². The summed E-state index contributed by atoms with van der Waals surface area (Å²) in [6.07, 6.45) is 4.73. The zero-order valence-corrected chi connectivity index (χ0v) is 16.8. The minimum absolute atomic E-state index is 0.101. The molecule has 0 N–H and O–H groups in total. The Morgan fingerprint density at radius 3 is 1.96 bits per heavy atom. The van der Waals surface area contributed by atoms with Crippen LogP contribution in [0.2, 0.25) is 0 Å². The molecule has 0 aromatic heterocycles. The summed E-state index contributed by atoms with van der Waals surface area (Å²) >= 11 is 0. The molecule has 2 amide bonds. The highest BCUT2D eigenvalue weighted by Crippen LogP contribution is 2.16. The number of carbonyl (C=O) groups is 2. The third-order valence-corrected chi connectivity index (χ3v) is 5.80. The summed E-state index contributed by atoms with van der Waals surface area (Å²) in [5, 5.41) is 0. The molecule has 0 bridgehead atoms. The standard InChI is InChI=1S/C22H33N3O2/c1-18(2)19-7-9-20(10-8-19)22(27)25-15-13-23(14-16-25)17-21(26)24-11-5-3-4-6-12-24/h7-10,18H,3-6,11-17H2,1-2H3. The lowest BCUT2D eigenvalue weighted by molar-refractivity contribution is -0.132. The van der Waals surface area contributed by atoms with Gasteiger partial charge in [-0.2, -0.15) is 0 Å². The molecule has 5 heteroatoms. The van der Waals surface area contributed by atoms with Crippen LogP contribution in [0.1, 0.15) is 61.4 Å². The first-order valence-electron chi connectivity index (χ1n) is 10.4. The number of rotatable bonds is 4. The molecule has 5 nitrogen and oxygen atoms in total. The second kappa shape index (κ2) is 9.36. The molecule has 0 aliphatic carbocycles. The van der Waals surface area contributed by atoms with Gasteiger partial charge in [-0.3, -0.25) is 14.5 Å². The Kier molecular flexibility index (Phi) is 6.89. The molecule has 2 fully saturated rings. The molecule has 27 heavy (non-hydrogen) atoms. The summed E-state index contributed by atoms with van der Waals surface area (Å²) in [5.41, 5.74) is 2.01. The second-order valence-electron chi connectivity index (χ2n) is 8.14. The Balaban J connectivity index is 1.47. The van der Waals surface area contributed by atoms with Crippen LogP contribution in [-0.2, 0) is 4.79 Å². The van der Waals surface area contributed by atoms with Gasteiger partial charge in [0.2, 0.25) is 5.91 Å². The zero-order chi connectivity index (χ0) is 19.2. The monoisotopic (exact) mass is 371 g/mol. The van der Waals surface area contributed by atoms with Gasteiger partial charge in [-0.15, -0.1) is 0 Å². The van der Waals surface area contributed by atoms with Crippen molar-refractivity contribution >= 4 is 11.8 Å². The Bertz CT molecular complexity index is 625. The van der Waals surface area contributed by atoms with Crippen molar-refractivity contribution in [2.45, 2.75) is 45.4 Å². The van der Waals surface area contributed by atoms with Gasteiger partial charge in [0, 0.05) is 44.8 Å². The highest BCUT2D eigenvalue weighted by molar-refractivity contribution is 5.94. The Hall–Kier alpha value is -1.88. The summed E-state index contributed by atoms with van der Waals surface area (Å²) in [7, 11) is 0. The average molecular weight is 372 g/mol. The fraction of sp³-hybridized carbons (Fsp3) is 0.636. The fourth-order valence-electron chi connectivity index (χ4n) is 3.91. The molecule has 1 aromatic carbocycles. The molecule has 1 aromatic rings. The van der Waals surface area contributed by atoms with E-state index in [-0.39, 0.29) is 11.8 Å². The molecule has 0 spiro atoms. The van der Waals surface area contributed by atoms with E-state index in [2.05, 4.69) is 18.7 Å². The quantitative estimate of drug-likeness (QED) is 0.817. The average Bonchev–Trinajstić information content (AvgIpc) is 2.98. The summed E-state index contributed by atoms with van der Waals surface area (Å²) in [4.78, 5) is 31.4. The first-order valence-corrected chi connectivity index (χ1v) is 10.4. The van der Waals surface area contributed by atoms with Gasteiger partial charge in [0.1, 0.15) is 0 Å².